The number of hydrogen-bond acceptors (Lipinski definition) is 2. The van der Waals surface area contributed by atoms with Crippen LogP contribution in [-0.2, 0) is 4.74 Å². The number of piperidine rings is 1. The second-order valence-electron chi connectivity index (χ2n) is 4.43. The van der Waals surface area contributed by atoms with Crippen molar-refractivity contribution in [3.05, 3.63) is 0 Å². The standard InChI is InChI=1S/C11H22ClNO/c1-11(14-2)6-5-9-13(10-11)8-4-3-7-12/h3-10H2,1-2H3. The summed E-state index contributed by atoms with van der Waals surface area (Å²) in [5.74, 6) is 0.787. The summed E-state index contributed by atoms with van der Waals surface area (Å²) in [5.41, 5.74) is 0.0826. The summed E-state index contributed by atoms with van der Waals surface area (Å²) in [5, 5.41) is 0. The van der Waals surface area contributed by atoms with Crippen molar-refractivity contribution in [1.29, 1.82) is 0 Å². The maximum atomic E-state index is 5.66. The first-order valence-corrected chi connectivity index (χ1v) is 6.07. The number of unbranched alkanes of at least 4 members (excludes halogenated alkanes) is 1. The highest BCUT2D eigenvalue weighted by atomic mass is 35.5. The van der Waals surface area contributed by atoms with Crippen LogP contribution in [0.25, 0.3) is 0 Å². The molecule has 1 aliphatic rings. The summed E-state index contributed by atoms with van der Waals surface area (Å²) in [4.78, 5) is 2.50. The van der Waals surface area contributed by atoms with Crippen LogP contribution in [0.5, 0.6) is 0 Å². The van der Waals surface area contributed by atoms with Crippen LogP contribution in [0.4, 0.5) is 0 Å². The average molecular weight is 220 g/mol. The van der Waals surface area contributed by atoms with Gasteiger partial charge in [0.1, 0.15) is 0 Å². The SMILES string of the molecule is COC1(C)CCCN(CCCCCl)C1. The van der Waals surface area contributed by atoms with E-state index < -0.39 is 0 Å². The number of ether oxygens (including phenoxy) is 1. The molecule has 0 radical (unpaired) electrons. The van der Waals surface area contributed by atoms with E-state index in [2.05, 4.69) is 11.8 Å². The zero-order valence-corrected chi connectivity index (χ0v) is 10.1. The quantitative estimate of drug-likeness (QED) is 0.521. The Bertz CT molecular complexity index is 165. The molecule has 1 unspecified atom stereocenters. The van der Waals surface area contributed by atoms with Gasteiger partial charge in [0.15, 0.2) is 0 Å². The first-order chi connectivity index (χ1) is 6.70. The van der Waals surface area contributed by atoms with Crippen LogP contribution in [0.15, 0.2) is 0 Å². The molecule has 0 aliphatic carbocycles. The predicted octanol–water partition coefficient (Wildman–Crippen LogP) is 2.51. The molecule has 2 nitrogen and oxygen atoms in total. The van der Waals surface area contributed by atoms with Crippen LogP contribution in [-0.4, -0.2) is 43.1 Å². The van der Waals surface area contributed by atoms with Crippen molar-refractivity contribution >= 4 is 11.6 Å². The summed E-state index contributed by atoms with van der Waals surface area (Å²) < 4.78 is 5.55. The van der Waals surface area contributed by atoms with Gasteiger partial charge in [-0.2, -0.15) is 0 Å². The molecular formula is C11H22ClNO. The van der Waals surface area contributed by atoms with Gasteiger partial charge < -0.3 is 9.64 Å². The molecule has 0 bridgehead atoms. The van der Waals surface area contributed by atoms with Crippen molar-refractivity contribution in [3.63, 3.8) is 0 Å². The molecular weight excluding hydrogens is 198 g/mol. The third-order valence-electron chi connectivity index (χ3n) is 3.09. The Kier molecular flexibility index (Phi) is 5.21. The summed E-state index contributed by atoms with van der Waals surface area (Å²) in [6, 6.07) is 0. The van der Waals surface area contributed by atoms with Crippen LogP contribution in [0.3, 0.4) is 0 Å². The fourth-order valence-corrected chi connectivity index (χ4v) is 2.28. The predicted molar refractivity (Wildman–Crippen MR) is 61.0 cm³/mol. The lowest BCUT2D eigenvalue weighted by Gasteiger charge is -2.39. The Morgan fingerprint density at radius 2 is 2.21 bits per heavy atom. The lowest BCUT2D eigenvalue weighted by atomic mass is 9.94. The zero-order chi connectivity index (χ0) is 10.4. The van der Waals surface area contributed by atoms with E-state index in [1.54, 1.807) is 0 Å². The largest absolute Gasteiger partial charge is 0.377 e. The second-order valence-corrected chi connectivity index (χ2v) is 4.81. The molecule has 0 saturated carbocycles. The number of likely N-dealkylation sites (tertiary alicyclic amines) is 1. The van der Waals surface area contributed by atoms with Crippen LogP contribution in [0, 0.1) is 0 Å². The van der Waals surface area contributed by atoms with Gasteiger partial charge in [-0.05, 0) is 45.7 Å². The van der Waals surface area contributed by atoms with E-state index in [4.69, 9.17) is 16.3 Å². The first-order valence-electron chi connectivity index (χ1n) is 5.54. The van der Waals surface area contributed by atoms with E-state index in [1.807, 2.05) is 7.11 Å². The molecule has 1 atom stereocenters. The lowest BCUT2D eigenvalue weighted by molar-refractivity contribution is -0.0507. The fraction of sp³-hybridized carbons (Fsp3) is 1.00. The molecule has 0 spiro atoms. The first kappa shape index (κ1) is 12.3. The minimum Gasteiger partial charge on any atom is -0.377 e. The van der Waals surface area contributed by atoms with Gasteiger partial charge in [-0.15, -0.1) is 11.6 Å². The van der Waals surface area contributed by atoms with E-state index in [0.29, 0.717) is 0 Å². The molecule has 14 heavy (non-hydrogen) atoms. The topological polar surface area (TPSA) is 12.5 Å². The molecule has 1 saturated heterocycles. The number of hydrogen-bond donors (Lipinski definition) is 0. The molecule has 0 N–H and O–H groups in total. The van der Waals surface area contributed by atoms with E-state index in [0.717, 1.165) is 18.8 Å². The number of rotatable bonds is 5. The van der Waals surface area contributed by atoms with E-state index >= 15 is 0 Å². The molecule has 84 valence electrons. The molecule has 0 aromatic heterocycles. The molecule has 3 heteroatoms. The van der Waals surface area contributed by atoms with Gasteiger partial charge >= 0.3 is 0 Å². The Morgan fingerprint density at radius 3 is 2.86 bits per heavy atom. The normalized spacial score (nSPS) is 29.4. The number of methoxy groups -OCH3 is 1. The third-order valence-corrected chi connectivity index (χ3v) is 3.36. The average Bonchev–Trinajstić information content (AvgIpc) is 2.19. The molecule has 0 aromatic carbocycles. The highest BCUT2D eigenvalue weighted by molar-refractivity contribution is 6.17. The Labute approximate surface area is 92.6 Å². The van der Waals surface area contributed by atoms with Gasteiger partial charge in [0.2, 0.25) is 0 Å². The van der Waals surface area contributed by atoms with Crippen LogP contribution in [0.1, 0.15) is 32.6 Å². The van der Waals surface area contributed by atoms with Crippen LogP contribution in [0.2, 0.25) is 0 Å². The number of alkyl halides is 1. The number of halogens is 1. The Morgan fingerprint density at radius 1 is 1.43 bits per heavy atom. The summed E-state index contributed by atoms with van der Waals surface area (Å²) in [6.07, 6.45) is 4.78. The zero-order valence-electron chi connectivity index (χ0n) is 9.39. The van der Waals surface area contributed by atoms with Crippen molar-refractivity contribution < 1.29 is 4.74 Å². The van der Waals surface area contributed by atoms with Crippen molar-refractivity contribution in [2.45, 2.75) is 38.2 Å². The van der Waals surface area contributed by atoms with Crippen molar-refractivity contribution in [2.24, 2.45) is 0 Å². The summed E-state index contributed by atoms with van der Waals surface area (Å²) in [6.45, 7) is 5.68. The highest BCUT2D eigenvalue weighted by Gasteiger charge is 2.30. The van der Waals surface area contributed by atoms with Crippen LogP contribution < -0.4 is 0 Å². The second kappa shape index (κ2) is 5.94. The minimum atomic E-state index is 0.0826. The maximum Gasteiger partial charge on any atom is 0.0777 e. The van der Waals surface area contributed by atoms with Gasteiger partial charge in [-0.25, -0.2) is 0 Å². The smallest absolute Gasteiger partial charge is 0.0777 e. The maximum absolute atomic E-state index is 5.66. The van der Waals surface area contributed by atoms with Crippen LogP contribution >= 0.6 is 11.6 Å². The molecule has 0 amide bonds. The van der Waals surface area contributed by atoms with Gasteiger partial charge in [0, 0.05) is 19.5 Å². The van der Waals surface area contributed by atoms with Gasteiger partial charge in [-0.1, -0.05) is 0 Å². The fourth-order valence-electron chi connectivity index (χ4n) is 2.10. The minimum absolute atomic E-state index is 0.0826. The van der Waals surface area contributed by atoms with E-state index in [-0.39, 0.29) is 5.60 Å². The third kappa shape index (κ3) is 3.76. The van der Waals surface area contributed by atoms with E-state index in [9.17, 15) is 0 Å². The molecule has 0 aromatic rings. The molecule has 1 fully saturated rings. The summed E-state index contributed by atoms with van der Waals surface area (Å²) >= 11 is 5.66. The van der Waals surface area contributed by atoms with Gasteiger partial charge in [0.25, 0.3) is 0 Å². The monoisotopic (exact) mass is 219 g/mol. The van der Waals surface area contributed by atoms with Gasteiger partial charge in [-0.3, -0.25) is 0 Å². The molecule has 1 rings (SSSR count). The van der Waals surface area contributed by atoms with Gasteiger partial charge in [0.05, 0.1) is 5.60 Å². The van der Waals surface area contributed by atoms with Crippen molar-refractivity contribution in [1.82, 2.24) is 4.90 Å². The molecule has 1 aliphatic heterocycles. The summed E-state index contributed by atoms with van der Waals surface area (Å²) in [7, 11) is 1.82. The van der Waals surface area contributed by atoms with Crippen molar-refractivity contribution in [2.75, 3.05) is 32.6 Å². The Balaban J connectivity index is 2.25. The van der Waals surface area contributed by atoms with Crippen molar-refractivity contribution in [3.8, 4) is 0 Å². The molecule has 1 heterocycles. The van der Waals surface area contributed by atoms with E-state index in [1.165, 1.54) is 32.4 Å². The number of nitrogens with zero attached hydrogens (tertiary/aromatic N) is 1. The lowest BCUT2D eigenvalue weighted by Crippen LogP contribution is -2.47. The Hall–Kier alpha value is 0.210. The highest BCUT2D eigenvalue weighted by Crippen LogP contribution is 2.23.